The van der Waals surface area contributed by atoms with Crippen LogP contribution < -0.4 is 0 Å². The summed E-state index contributed by atoms with van der Waals surface area (Å²) in [6, 6.07) is 12.5. The van der Waals surface area contributed by atoms with Gasteiger partial charge >= 0.3 is 0 Å². The number of benzene rings is 1. The molecule has 0 aliphatic rings. The van der Waals surface area contributed by atoms with Gasteiger partial charge in [0, 0.05) is 0 Å². The first-order valence-corrected chi connectivity index (χ1v) is 4.19. The monoisotopic (exact) mass is 186 g/mol. The SMILES string of the molecule is C[C@@](C#N)(c1ccccc1)C(O)C#N. The van der Waals surface area contributed by atoms with E-state index in [4.69, 9.17) is 10.5 Å². The van der Waals surface area contributed by atoms with E-state index in [0.29, 0.717) is 5.56 Å². The fraction of sp³-hybridized carbons (Fsp3) is 0.273. The molecule has 0 amide bonds. The van der Waals surface area contributed by atoms with Gasteiger partial charge in [0.15, 0.2) is 6.10 Å². The molecule has 70 valence electrons. The summed E-state index contributed by atoms with van der Waals surface area (Å²) >= 11 is 0. The van der Waals surface area contributed by atoms with Gasteiger partial charge < -0.3 is 5.11 Å². The number of nitrogens with zero attached hydrogens (tertiary/aromatic N) is 2. The minimum absolute atomic E-state index is 0.650. The fourth-order valence-corrected chi connectivity index (χ4v) is 1.20. The third kappa shape index (κ3) is 1.59. The average molecular weight is 186 g/mol. The van der Waals surface area contributed by atoms with E-state index in [-0.39, 0.29) is 0 Å². The molecule has 3 nitrogen and oxygen atoms in total. The maximum absolute atomic E-state index is 9.45. The molecule has 0 radical (unpaired) electrons. The Morgan fingerprint density at radius 3 is 2.29 bits per heavy atom. The molecule has 1 aromatic rings. The van der Waals surface area contributed by atoms with Gasteiger partial charge in [-0.15, -0.1) is 0 Å². The second-order valence-electron chi connectivity index (χ2n) is 3.21. The van der Waals surface area contributed by atoms with Gasteiger partial charge in [0.25, 0.3) is 0 Å². The summed E-state index contributed by atoms with van der Waals surface area (Å²) in [7, 11) is 0. The number of hydrogen-bond donors (Lipinski definition) is 1. The molecule has 0 saturated heterocycles. The van der Waals surface area contributed by atoms with Gasteiger partial charge in [-0.25, -0.2) is 0 Å². The molecule has 0 bridgehead atoms. The van der Waals surface area contributed by atoms with Crippen molar-refractivity contribution in [3.05, 3.63) is 35.9 Å². The molecule has 3 heteroatoms. The van der Waals surface area contributed by atoms with Gasteiger partial charge in [-0.1, -0.05) is 30.3 Å². The summed E-state index contributed by atoms with van der Waals surface area (Å²) in [5.41, 5.74) is -0.507. The van der Waals surface area contributed by atoms with E-state index in [1.807, 2.05) is 12.1 Å². The maximum Gasteiger partial charge on any atom is 0.162 e. The highest BCUT2D eigenvalue weighted by molar-refractivity contribution is 5.35. The molecule has 1 N–H and O–H groups in total. The van der Waals surface area contributed by atoms with Crippen LogP contribution in [0.1, 0.15) is 12.5 Å². The number of aliphatic hydroxyl groups is 1. The van der Waals surface area contributed by atoms with Crippen LogP contribution in [-0.4, -0.2) is 11.2 Å². The lowest BCUT2D eigenvalue weighted by Gasteiger charge is -2.22. The van der Waals surface area contributed by atoms with Crippen molar-refractivity contribution in [3.63, 3.8) is 0 Å². The molecule has 1 unspecified atom stereocenters. The van der Waals surface area contributed by atoms with E-state index < -0.39 is 11.5 Å². The third-order valence-electron chi connectivity index (χ3n) is 2.27. The van der Waals surface area contributed by atoms with Gasteiger partial charge in [0.2, 0.25) is 0 Å². The fourth-order valence-electron chi connectivity index (χ4n) is 1.20. The Hall–Kier alpha value is -1.84. The molecule has 14 heavy (non-hydrogen) atoms. The molecular weight excluding hydrogens is 176 g/mol. The van der Waals surface area contributed by atoms with Gasteiger partial charge in [-0.3, -0.25) is 0 Å². The molecule has 0 aromatic heterocycles. The van der Waals surface area contributed by atoms with Crippen molar-refractivity contribution in [2.45, 2.75) is 18.4 Å². The molecule has 0 aliphatic carbocycles. The van der Waals surface area contributed by atoms with Crippen molar-refractivity contribution < 1.29 is 5.11 Å². The zero-order valence-corrected chi connectivity index (χ0v) is 7.81. The summed E-state index contributed by atoms with van der Waals surface area (Å²) in [5.74, 6) is 0. The van der Waals surface area contributed by atoms with E-state index in [2.05, 4.69) is 0 Å². The summed E-state index contributed by atoms with van der Waals surface area (Å²) in [4.78, 5) is 0. The predicted molar refractivity (Wildman–Crippen MR) is 51.0 cm³/mol. The van der Waals surface area contributed by atoms with E-state index in [1.165, 1.54) is 0 Å². The van der Waals surface area contributed by atoms with Crippen molar-refractivity contribution in [3.8, 4) is 12.1 Å². The Morgan fingerprint density at radius 1 is 1.29 bits per heavy atom. The molecule has 1 rings (SSSR count). The minimum atomic E-state index is -1.31. The van der Waals surface area contributed by atoms with Crippen LogP contribution in [0, 0.1) is 22.7 Å². The van der Waals surface area contributed by atoms with Gasteiger partial charge in [-0.05, 0) is 12.5 Å². The highest BCUT2D eigenvalue weighted by atomic mass is 16.3. The minimum Gasteiger partial charge on any atom is -0.376 e. The Morgan fingerprint density at radius 2 is 1.86 bits per heavy atom. The van der Waals surface area contributed by atoms with E-state index in [9.17, 15) is 5.11 Å². The number of hydrogen-bond acceptors (Lipinski definition) is 3. The number of rotatable bonds is 2. The van der Waals surface area contributed by atoms with Crippen LogP contribution in [0.15, 0.2) is 30.3 Å². The number of aliphatic hydroxyl groups excluding tert-OH is 1. The summed E-state index contributed by atoms with van der Waals surface area (Å²) < 4.78 is 0. The normalized spacial score (nSPS) is 16.0. The van der Waals surface area contributed by atoms with Crippen LogP contribution in [0.5, 0.6) is 0 Å². The van der Waals surface area contributed by atoms with E-state index in [0.717, 1.165) is 0 Å². The Bertz CT molecular complexity index is 388. The summed E-state index contributed by atoms with van der Waals surface area (Å²) in [6.45, 7) is 1.55. The molecular formula is C11H10N2O. The Balaban J connectivity index is 3.18. The average Bonchev–Trinajstić information content (AvgIpc) is 2.28. The first-order valence-electron chi connectivity index (χ1n) is 4.19. The van der Waals surface area contributed by atoms with Crippen LogP contribution in [0.2, 0.25) is 0 Å². The van der Waals surface area contributed by atoms with Crippen LogP contribution in [0.4, 0.5) is 0 Å². The van der Waals surface area contributed by atoms with Crippen LogP contribution in [0.25, 0.3) is 0 Å². The maximum atomic E-state index is 9.45. The Labute approximate surface area is 82.8 Å². The lowest BCUT2D eigenvalue weighted by atomic mass is 9.79. The highest BCUT2D eigenvalue weighted by Crippen LogP contribution is 2.26. The predicted octanol–water partition coefficient (Wildman–Crippen LogP) is 1.35. The molecule has 1 aromatic carbocycles. The van der Waals surface area contributed by atoms with Crippen LogP contribution in [-0.2, 0) is 5.41 Å². The van der Waals surface area contributed by atoms with Gasteiger partial charge in [0.05, 0.1) is 12.1 Å². The molecule has 2 atom stereocenters. The van der Waals surface area contributed by atoms with Crippen molar-refractivity contribution >= 4 is 0 Å². The first kappa shape index (κ1) is 10.2. The van der Waals surface area contributed by atoms with Crippen molar-refractivity contribution in [2.75, 3.05) is 0 Å². The smallest absolute Gasteiger partial charge is 0.162 e. The largest absolute Gasteiger partial charge is 0.376 e. The van der Waals surface area contributed by atoms with Gasteiger partial charge in [-0.2, -0.15) is 10.5 Å². The third-order valence-corrected chi connectivity index (χ3v) is 2.27. The standard InChI is InChI=1S/C11H10N2O/c1-11(8-13,10(14)7-12)9-5-3-2-4-6-9/h2-6,10,14H,1H3/t10?,11-/m1/s1. The second kappa shape index (κ2) is 3.91. The second-order valence-corrected chi connectivity index (χ2v) is 3.21. The van der Waals surface area contributed by atoms with Crippen molar-refractivity contribution in [1.82, 2.24) is 0 Å². The topological polar surface area (TPSA) is 67.8 Å². The van der Waals surface area contributed by atoms with Gasteiger partial charge in [0.1, 0.15) is 5.41 Å². The lowest BCUT2D eigenvalue weighted by Crippen LogP contribution is -2.34. The molecule has 0 heterocycles. The molecule has 0 spiro atoms. The quantitative estimate of drug-likeness (QED) is 0.709. The van der Waals surface area contributed by atoms with Crippen molar-refractivity contribution in [1.29, 1.82) is 10.5 Å². The number of nitriles is 2. The van der Waals surface area contributed by atoms with Crippen molar-refractivity contribution in [2.24, 2.45) is 0 Å². The summed E-state index contributed by atoms with van der Waals surface area (Å²) in [6.07, 6.45) is -1.31. The molecule has 0 saturated carbocycles. The summed E-state index contributed by atoms with van der Waals surface area (Å²) in [5, 5.41) is 27.0. The van der Waals surface area contributed by atoms with Crippen LogP contribution >= 0.6 is 0 Å². The highest BCUT2D eigenvalue weighted by Gasteiger charge is 2.35. The van der Waals surface area contributed by atoms with E-state index >= 15 is 0 Å². The zero-order valence-electron chi connectivity index (χ0n) is 7.81. The van der Waals surface area contributed by atoms with E-state index in [1.54, 1.807) is 37.3 Å². The molecule has 0 aliphatic heterocycles. The molecule has 0 fully saturated rings. The van der Waals surface area contributed by atoms with Crippen LogP contribution in [0.3, 0.4) is 0 Å². The first-order chi connectivity index (χ1) is 6.65. The Kier molecular flexibility index (Phi) is 2.86. The lowest BCUT2D eigenvalue weighted by molar-refractivity contribution is 0.171. The zero-order chi connectivity index (χ0) is 10.6.